The predicted octanol–water partition coefficient (Wildman–Crippen LogP) is 23.1. The van der Waals surface area contributed by atoms with Crippen molar-refractivity contribution < 1.29 is 4.42 Å². The van der Waals surface area contributed by atoms with Crippen molar-refractivity contribution in [3.63, 3.8) is 0 Å². The highest BCUT2D eigenvalue weighted by atomic mass is 32.1. The molecule has 0 radical (unpaired) electrons. The van der Waals surface area contributed by atoms with Crippen LogP contribution in [0.2, 0.25) is 0 Å². The zero-order valence-electron chi connectivity index (χ0n) is 79.5. The Kier molecular flexibility index (Phi) is 43.2. The molecule has 1 aliphatic heterocycles. The molecule has 0 saturated heterocycles. The van der Waals surface area contributed by atoms with Gasteiger partial charge in [-0.1, -0.05) is 222 Å². The first kappa shape index (κ1) is 106. The molecule has 2 N–H and O–H groups in total. The summed E-state index contributed by atoms with van der Waals surface area (Å²) in [4.78, 5) is 48.4. The molecule has 13 heterocycles. The van der Waals surface area contributed by atoms with Gasteiger partial charge in [0.25, 0.3) is 0 Å². The number of pyridine rings is 1. The zero-order chi connectivity index (χ0) is 90.4. The summed E-state index contributed by atoms with van der Waals surface area (Å²) < 4.78 is 10.9. The first-order chi connectivity index (χ1) is 54.1. The van der Waals surface area contributed by atoms with E-state index in [-0.39, 0.29) is 65.2 Å². The van der Waals surface area contributed by atoms with Crippen LogP contribution in [0.1, 0.15) is 318 Å². The fourth-order valence-electron chi connectivity index (χ4n) is 8.72. The number of aromatic nitrogens is 21. The Hall–Kier alpha value is -9.56. The van der Waals surface area contributed by atoms with Gasteiger partial charge in [0.2, 0.25) is 0 Å². The van der Waals surface area contributed by atoms with E-state index in [4.69, 9.17) is 4.42 Å². The topological polar surface area (TPSA) is 290 Å². The highest BCUT2D eigenvalue weighted by Gasteiger charge is 2.23. The summed E-state index contributed by atoms with van der Waals surface area (Å²) in [7, 11) is 0. The van der Waals surface area contributed by atoms with Crippen molar-refractivity contribution in [2.45, 2.75) is 330 Å². The maximum absolute atomic E-state index is 5.09. The van der Waals surface area contributed by atoms with Crippen LogP contribution in [0.5, 0.6) is 0 Å². The van der Waals surface area contributed by atoms with E-state index in [9.17, 15) is 0 Å². The highest BCUT2D eigenvalue weighted by molar-refractivity contribution is 7.09. The second kappa shape index (κ2) is 47.9. The summed E-state index contributed by atoms with van der Waals surface area (Å²) in [5.74, 6) is 0.933. The van der Waals surface area contributed by atoms with Gasteiger partial charge < -0.3 is 14.0 Å². The standard InChI is InChI=1S/C11H15N3.C9H13N.2C8H12N2.4C7H12N2.C7H11NO.C7H11NS.C6H11N3.C6H10N2S.C2H6/c1-8-5-6-10-12-7-9(11(2,3)4)14(10)13-8;1-9(2,3)8-4-6-10-7-5-8;1-8(2,3)7-4-5-9-6-10-7;1-8(2,3)7-4-5-9-10-6-7;2*1-7(2,3)6-4-8-5-9-6;1-7(2,3)6-4-8-9-5-6;1-7(2,3)9-5-4-8-6-9;2*1-7(2,3)6-4-8-5-9-6;1-6(2,3)9-5-7-4-8-9;1-6(2,3)5-8-7-4-9-5;1-2/h5-7H,1-4H3;4-7H,1-3H3;2*4-6H,1-3H3;4H,5H2,1-3H3;2*4-5H,1-3H3,(H,8,9);4-6H,1-3H3;3*4-5H,1-3H3;4H,1-3H3;1-2H3. The summed E-state index contributed by atoms with van der Waals surface area (Å²) in [6.45, 7) is 83.9. The quantitative estimate of drug-likeness (QED) is 0.143. The number of imidazole rings is 3. The molecule has 0 amide bonds. The third-order valence-corrected chi connectivity index (χ3v) is 18.6. The van der Waals surface area contributed by atoms with Crippen LogP contribution in [-0.2, 0) is 59.8 Å². The first-order valence-electron chi connectivity index (χ1n) is 40.3. The molecule has 12 aromatic rings. The minimum absolute atomic E-state index is 0.0660. The molecule has 0 saturated carbocycles. The largest absolute Gasteiger partial charge is 0.448 e. The fraction of sp³-hybridized carbons (Fsp3) is 0.565. The van der Waals surface area contributed by atoms with Crippen LogP contribution in [-0.4, -0.2) is 123 Å². The molecule has 0 atom stereocenters. The molecular formula is C92H149N23OS2. The Labute approximate surface area is 717 Å². The predicted molar refractivity (Wildman–Crippen MR) is 494 cm³/mol. The van der Waals surface area contributed by atoms with Gasteiger partial charge in [-0.15, -0.1) is 32.9 Å². The summed E-state index contributed by atoms with van der Waals surface area (Å²) in [5, 5.41) is 31.4. The summed E-state index contributed by atoms with van der Waals surface area (Å²) in [6, 6.07) is 12.0. The number of rotatable bonds is 0. The van der Waals surface area contributed by atoms with Crippen molar-refractivity contribution in [2.75, 3.05) is 6.67 Å². The average molecular weight is 1660 g/mol. The van der Waals surface area contributed by atoms with Crippen molar-refractivity contribution >= 4 is 40.2 Å². The molecule has 12 aromatic heterocycles. The maximum Gasteiger partial charge on any atom is 0.180 e. The van der Waals surface area contributed by atoms with Crippen molar-refractivity contribution in [3.05, 3.63) is 221 Å². The smallest absolute Gasteiger partial charge is 0.180 e. The molecule has 0 spiro atoms. The van der Waals surface area contributed by atoms with Crippen LogP contribution < -0.4 is 0 Å². The van der Waals surface area contributed by atoms with Gasteiger partial charge in [-0.05, 0) is 123 Å². The number of nitrogens with one attached hydrogen (secondary N) is 2. The molecule has 0 aliphatic carbocycles. The molecule has 26 heteroatoms. The second-order valence-corrected chi connectivity index (χ2v) is 41.6. The van der Waals surface area contributed by atoms with E-state index >= 15 is 0 Å². The lowest BCUT2D eigenvalue weighted by Gasteiger charge is -2.19. The summed E-state index contributed by atoms with van der Waals surface area (Å²) in [5.41, 5.74) is 16.0. The van der Waals surface area contributed by atoms with Gasteiger partial charge in [0, 0.05) is 116 Å². The molecule has 0 fully saturated rings. The van der Waals surface area contributed by atoms with Gasteiger partial charge in [0.15, 0.2) is 12.0 Å². The monoisotopic (exact) mass is 1660 g/mol. The van der Waals surface area contributed by atoms with Gasteiger partial charge in [-0.25, -0.2) is 44.1 Å². The van der Waals surface area contributed by atoms with E-state index < -0.39 is 0 Å². The Bertz CT molecular complexity index is 3950. The van der Waals surface area contributed by atoms with Crippen molar-refractivity contribution in [3.8, 4) is 0 Å². The third-order valence-electron chi connectivity index (χ3n) is 16.3. The molecule has 0 aromatic carbocycles. The van der Waals surface area contributed by atoms with Gasteiger partial charge in [0.1, 0.15) is 41.9 Å². The average Bonchev–Trinajstić information content (AvgIpc) is 1.65. The van der Waals surface area contributed by atoms with Crippen molar-refractivity contribution in [1.82, 2.24) is 104 Å². The molecule has 24 nitrogen and oxygen atoms in total. The lowest BCUT2D eigenvalue weighted by Crippen LogP contribution is -2.21. The van der Waals surface area contributed by atoms with Crippen LogP contribution in [0.15, 0.2) is 180 Å². The molecule has 0 bridgehead atoms. The number of nitrogens with zero attached hydrogens (tertiary/aromatic N) is 21. The minimum Gasteiger partial charge on any atom is -0.448 e. The first-order valence-corrected chi connectivity index (χ1v) is 42.1. The molecule has 118 heavy (non-hydrogen) atoms. The highest BCUT2D eigenvalue weighted by Crippen LogP contribution is 2.28. The number of fused-ring (bicyclic) bond motifs is 1. The normalized spacial score (nSPS) is 12.2. The number of oxazole rings is 1. The minimum atomic E-state index is 0.0660. The number of aromatic amines is 2. The van der Waals surface area contributed by atoms with E-state index in [1.807, 2.05) is 122 Å². The lowest BCUT2D eigenvalue weighted by molar-refractivity contribution is 0.354. The van der Waals surface area contributed by atoms with Crippen LogP contribution >= 0.6 is 22.7 Å². The van der Waals surface area contributed by atoms with Crippen LogP contribution in [0.4, 0.5) is 0 Å². The zero-order valence-corrected chi connectivity index (χ0v) is 81.1. The van der Waals surface area contributed by atoms with Crippen LogP contribution in [0.25, 0.3) is 5.65 Å². The Morgan fingerprint density at radius 2 is 1.07 bits per heavy atom. The van der Waals surface area contributed by atoms with Gasteiger partial charge >= 0.3 is 0 Å². The van der Waals surface area contributed by atoms with E-state index in [0.717, 1.165) is 39.2 Å². The van der Waals surface area contributed by atoms with E-state index in [0.29, 0.717) is 6.67 Å². The SMILES string of the molecule is CC.CC(C)(C)C1=NCN=C1.CC(C)(C)c1ccncc1.CC(C)(C)c1ccncn1.CC(C)(C)c1ccnnc1.CC(C)(C)c1cn[nH]c1.CC(C)(C)c1cnc[nH]1.CC(C)(C)c1cnco1.CC(C)(C)c1cncs1.CC(C)(C)c1nncs1.CC(C)(C)n1ccnc1.CC(C)(C)n1cncn1.Cc1ccc2ncc(C(C)(C)C)n2n1. The Morgan fingerprint density at radius 3 is 1.36 bits per heavy atom. The van der Waals surface area contributed by atoms with Gasteiger partial charge in [-0.2, -0.15) is 25.5 Å². The molecule has 650 valence electrons. The molecule has 13 rings (SSSR count). The Morgan fingerprint density at radius 1 is 0.449 bits per heavy atom. The van der Waals surface area contributed by atoms with Crippen LogP contribution in [0.3, 0.4) is 0 Å². The fourth-order valence-corrected chi connectivity index (χ4v) is 10.1. The van der Waals surface area contributed by atoms with Gasteiger partial charge in [0.05, 0.1) is 65.6 Å². The number of hydrogen-bond acceptors (Lipinski definition) is 21. The summed E-state index contributed by atoms with van der Waals surface area (Å²) in [6.07, 6.45) is 35.7. The second-order valence-electron chi connectivity index (χ2n) is 39.9. The van der Waals surface area contributed by atoms with Crippen LogP contribution in [0, 0.1) is 12.3 Å². The molecule has 0 unspecified atom stereocenters. The lowest BCUT2D eigenvalue weighted by atomic mass is 9.88. The molecule has 1 aliphatic rings. The van der Waals surface area contributed by atoms with Crippen molar-refractivity contribution in [2.24, 2.45) is 15.4 Å². The maximum atomic E-state index is 5.09. The number of aliphatic imine (C=N–C) groups is 2. The van der Waals surface area contributed by atoms with E-state index in [1.165, 1.54) is 33.7 Å². The summed E-state index contributed by atoms with van der Waals surface area (Å²) >= 11 is 3.33. The van der Waals surface area contributed by atoms with E-state index in [1.54, 1.807) is 84.5 Å². The number of hydrogen-bond donors (Lipinski definition) is 2. The number of thiazole rings is 1. The van der Waals surface area contributed by atoms with Crippen molar-refractivity contribution in [1.29, 1.82) is 0 Å². The van der Waals surface area contributed by atoms with Gasteiger partial charge in [-0.3, -0.25) is 25.1 Å². The molecular weight excluding hydrogens is 1510 g/mol. The third kappa shape index (κ3) is 43.8. The Balaban J connectivity index is 0.000000644. The van der Waals surface area contributed by atoms with E-state index in [2.05, 4.69) is 367 Å². The number of H-pyrrole nitrogens is 2. The number of aryl methyl sites for hydroxylation is 1.